The van der Waals surface area contributed by atoms with Gasteiger partial charge in [-0.25, -0.2) is 0 Å². The molecule has 1 rings (SSSR count). The molecule has 0 amide bonds. The number of rotatable bonds is 12. The van der Waals surface area contributed by atoms with Gasteiger partial charge in [0, 0.05) is 6.54 Å². The van der Waals surface area contributed by atoms with E-state index in [0.29, 0.717) is 0 Å². The van der Waals surface area contributed by atoms with Crippen LogP contribution in [-0.2, 0) is 6.54 Å². The van der Waals surface area contributed by atoms with E-state index in [1.54, 1.807) is 0 Å². The van der Waals surface area contributed by atoms with Crippen LogP contribution in [0.15, 0.2) is 24.3 Å². The SMILES string of the molecule is CCCCCCCCCCOc1ccc(CNC)cc1. The number of benzene rings is 1. The first kappa shape index (κ1) is 17.0. The molecule has 1 aromatic rings. The highest BCUT2D eigenvalue weighted by Crippen LogP contribution is 2.13. The Labute approximate surface area is 124 Å². The van der Waals surface area contributed by atoms with E-state index in [4.69, 9.17) is 4.74 Å². The van der Waals surface area contributed by atoms with Gasteiger partial charge in [0.1, 0.15) is 5.75 Å². The Morgan fingerprint density at radius 3 is 2.05 bits per heavy atom. The van der Waals surface area contributed by atoms with Gasteiger partial charge < -0.3 is 10.1 Å². The molecule has 1 N–H and O–H groups in total. The second kappa shape index (κ2) is 11.8. The highest BCUT2D eigenvalue weighted by molar-refractivity contribution is 5.27. The Balaban J connectivity index is 1.98. The van der Waals surface area contributed by atoms with Gasteiger partial charge in [0.15, 0.2) is 0 Å². The number of hydrogen-bond donors (Lipinski definition) is 1. The third-order valence-corrected chi connectivity index (χ3v) is 3.57. The highest BCUT2D eigenvalue weighted by Gasteiger charge is 1.96. The second-order valence-corrected chi connectivity index (χ2v) is 5.50. The van der Waals surface area contributed by atoms with Crippen LogP contribution >= 0.6 is 0 Å². The van der Waals surface area contributed by atoms with E-state index in [0.717, 1.165) is 18.9 Å². The van der Waals surface area contributed by atoms with Crippen LogP contribution in [0.3, 0.4) is 0 Å². The maximum Gasteiger partial charge on any atom is 0.119 e. The summed E-state index contributed by atoms with van der Waals surface area (Å²) in [6.45, 7) is 4.03. The van der Waals surface area contributed by atoms with Crippen molar-refractivity contribution in [3.05, 3.63) is 29.8 Å². The lowest BCUT2D eigenvalue weighted by Gasteiger charge is -2.07. The van der Waals surface area contributed by atoms with Gasteiger partial charge in [-0.3, -0.25) is 0 Å². The normalized spacial score (nSPS) is 10.7. The van der Waals surface area contributed by atoms with E-state index in [-0.39, 0.29) is 0 Å². The fourth-order valence-corrected chi connectivity index (χ4v) is 2.33. The maximum atomic E-state index is 5.76. The Hall–Kier alpha value is -1.02. The summed E-state index contributed by atoms with van der Waals surface area (Å²) in [7, 11) is 1.96. The van der Waals surface area contributed by atoms with Crippen molar-refractivity contribution in [3.63, 3.8) is 0 Å². The van der Waals surface area contributed by atoms with Crippen LogP contribution in [0.1, 0.15) is 63.9 Å². The fraction of sp³-hybridized carbons (Fsp3) is 0.667. The Morgan fingerprint density at radius 1 is 0.850 bits per heavy atom. The molecule has 0 spiro atoms. The van der Waals surface area contributed by atoms with Crippen LogP contribution in [0.25, 0.3) is 0 Å². The molecule has 0 atom stereocenters. The molecule has 0 heterocycles. The van der Waals surface area contributed by atoms with Gasteiger partial charge >= 0.3 is 0 Å². The summed E-state index contributed by atoms with van der Waals surface area (Å²) in [5.74, 6) is 0.993. The van der Waals surface area contributed by atoms with Crippen molar-refractivity contribution >= 4 is 0 Å². The quantitative estimate of drug-likeness (QED) is 0.547. The zero-order valence-corrected chi connectivity index (χ0v) is 13.3. The van der Waals surface area contributed by atoms with E-state index in [1.165, 1.54) is 56.9 Å². The molecule has 0 bridgehead atoms. The lowest BCUT2D eigenvalue weighted by atomic mass is 10.1. The van der Waals surface area contributed by atoms with E-state index >= 15 is 0 Å². The smallest absolute Gasteiger partial charge is 0.119 e. The van der Waals surface area contributed by atoms with Gasteiger partial charge in [0.05, 0.1) is 6.61 Å². The molecule has 20 heavy (non-hydrogen) atoms. The molecule has 0 aromatic heterocycles. The monoisotopic (exact) mass is 277 g/mol. The van der Waals surface area contributed by atoms with E-state index in [2.05, 4.69) is 36.5 Å². The minimum Gasteiger partial charge on any atom is -0.494 e. The van der Waals surface area contributed by atoms with Gasteiger partial charge in [-0.2, -0.15) is 0 Å². The van der Waals surface area contributed by atoms with Crippen LogP contribution in [-0.4, -0.2) is 13.7 Å². The Bertz CT molecular complexity index is 321. The third kappa shape index (κ3) is 8.21. The van der Waals surface area contributed by atoms with E-state index in [9.17, 15) is 0 Å². The molecule has 0 unspecified atom stereocenters. The first-order valence-electron chi connectivity index (χ1n) is 8.23. The summed E-state index contributed by atoms with van der Waals surface area (Å²) >= 11 is 0. The fourth-order valence-electron chi connectivity index (χ4n) is 2.33. The zero-order valence-electron chi connectivity index (χ0n) is 13.3. The number of ether oxygens (including phenoxy) is 1. The molecule has 0 saturated carbocycles. The minimum absolute atomic E-state index is 0.848. The molecule has 1 aromatic carbocycles. The van der Waals surface area contributed by atoms with Crippen LogP contribution in [0.5, 0.6) is 5.75 Å². The molecular formula is C18H31NO. The molecule has 2 nitrogen and oxygen atoms in total. The molecule has 114 valence electrons. The van der Waals surface area contributed by atoms with E-state index in [1.807, 2.05) is 7.05 Å². The lowest BCUT2D eigenvalue weighted by Crippen LogP contribution is -2.04. The van der Waals surface area contributed by atoms with Crippen molar-refractivity contribution in [2.24, 2.45) is 0 Å². The predicted octanol–water partition coefficient (Wildman–Crippen LogP) is 4.93. The summed E-state index contributed by atoms with van der Waals surface area (Å²) in [4.78, 5) is 0. The lowest BCUT2D eigenvalue weighted by molar-refractivity contribution is 0.304. The van der Waals surface area contributed by atoms with Gasteiger partial charge in [-0.15, -0.1) is 0 Å². The standard InChI is InChI=1S/C18H31NO/c1-3-4-5-6-7-8-9-10-15-20-18-13-11-17(12-14-18)16-19-2/h11-14,19H,3-10,15-16H2,1-2H3. The van der Waals surface area contributed by atoms with Crippen molar-refractivity contribution in [2.75, 3.05) is 13.7 Å². The average molecular weight is 277 g/mol. The largest absolute Gasteiger partial charge is 0.494 e. The van der Waals surface area contributed by atoms with Crippen molar-refractivity contribution < 1.29 is 4.74 Å². The molecule has 2 heteroatoms. The molecule has 0 radical (unpaired) electrons. The molecule has 0 aliphatic heterocycles. The molecular weight excluding hydrogens is 246 g/mol. The van der Waals surface area contributed by atoms with Crippen molar-refractivity contribution in [1.29, 1.82) is 0 Å². The molecule has 0 fully saturated rings. The molecule has 0 aliphatic rings. The van der Waals surface area contributed by atoms with Gasteiger partial charge in [0.25, 0.3) is 0 Å². The topological polar surface area (TPSA) is 21.3 Å². The first-order chi connectivity index (χ1) is 9.86. The predicted molar refractivity (Wildman–Crippen MR) is 87.3 cm³/mol. The summed E-state index contributed by atoms with van der Waals surface area (Å²) < 4.78 is 5.76. The second-order valence-electron chi connectivity index (χ2n) is 5.50. The summed E-state index contributed by atoms with van der Waals surface area (Å²) in [6.07, 6.45) is 10.8. The molecule has 0 saturated heterocycles. The summed E-state index contributed by atoms with van der Waals surface area (Å²) in [5.41, 5.74) is 1.30. The molecule has 0 aliphatic carbocycles. The van der Waals surface area contributed by atoms with Crippen molar-refractivity contribution in [3.8, 4) is 5.75 Å². The van der Waals surface area contributed by atoms with E-state index < -0.39 is 0 Å². The summed E-state index contributed by atoms with van der Waals surface area (Å²) in [6, 6.07) is 8.38. The van der Waals surface area contributed by atoms with Gasteiger partial charge in [0.2, 0.25) is 0 Å². The maximum absolute atomic E-state index is 5.76. The van der Waals surface area contributed by atoms with Crippen molar-refractivity contribution in [1.82, 2.24) is 5.32 Å². The highest BCUT2D eigenvalue weighted by atomic mass is 16.5. The third-order valence-electron chi connectivity index (χ3n) is 3.57. The summed E-state index contributed by atoms with van der Waals surface area (Å²) in [5, 5.41) is 3.15. The Kier molecular flexibility index (Phi) is 10.0. The van der Waals surface area contributed by atoms with Gasteiger partial charge in [-0.05, 0) is 31.2 Å². The minimum atomic E-state index is 0.848. The van der Waals surface area contributed by atoms with Crippen LogP contribution in [0.4, 0.5) is 0 Å². The zero-order chi connectivity index (χ0) is 14.5. The Morgan fingerprint density at radius 2 is 1.45 bits per heavy atom. The van der Waals surface area contributed by atoms with Crippen LogP contribution in [0.2, 0.25) is 0 Å². The first-order valence-corrected chi connectivity index (χ1v) is 8.23. The van der Waals surface area contributed by atoms with Gasteiger partial charge in [-0.1, -0.05) is 64.0 Å². The number of nitrogens with one attached hydrogen (secondary N) is 1. The number of hydrogen-bond acceptors (Lipinski definition) is 2. The van der Waals surface area contributed by atoms with Crippen molar-refractivity contribution in [2.45, 2.75) is 64.8 Å². The van der Waals surface area contributed by atoms with Crippen LogP contribution in [0, 0.1) is 0 Å². The average Bonchev–Trinajstić information content (AvgIpc) is 2.47. The van der Waals surface area contributed by atoms with Crippen LogP contribution < -0.4 is 10.1 Å². The number of unbranched alkanes of at least 4 members (excludes halogenated alkanes) is 7.